The highest BCUT2D eigenvalue weighted by atomic mass is 19.1. The zero-order valence-electron chi connectivity index (χ0n) is 16.7. The van der Waals surface area contributed by atoms with Crippen molar-refractivity contribution in [1.82, 2.24) is 0 Å². The maximum absolute atomic E-state index is 13.4. The number of ether oxygens (including phenoxy) is 1. The Morgan fingerprint density at radius 2 is 1.71 bits per heavy atom. The second-order valence-electron chi connectivity index (χ2n) is 7.66. The van der Waals surface area contributed by atoms with Crippen LogP contribution in [0.15, 0.2) is 69.9 Å². The summed E-state index contributed by atoms with van der Waals surface area (Å²) in [5, 5.41) is 19.5. The molecule has 4 rings (SSSR count). The lowest BCUT2D eigenvalue weighted by atomic mass is 9.93. The summed E-state index contributed by atoms with van der Waals surface area (Å²) >= 11 is 0. The van der Waals surface area contributed by atoms with Gasteiger partial charge >= 0.3 is 0 Å². The maximum Gasteiger partial charge on any atom is 0.200 e. The molecule has 0 aliphatic rings. The number of fused-ring (bicyclic) bond motifs is 2. The average molecular weight is 423 g/mol. The van der Waals surface area contributed by atoms with Crippen molar-refractivity contribution in [3.8, 4) is 11.5 Å². The minimum atomic E-state index is -1.06. The second kappa shape index (κ2) is 8.47. The van der Waals surface area contributed by atoms with Gasteiger partial charge in [0.05, 0.1) is 29.5 Å². The molecular formula is C24H22FNO5. The van der Waals surface area contributed by atoms with Crippen LogP contribution in [0.2, 0.25) is 0 Å². The summed E-state index contributed by atoms with van der Waals surface area (Å²) in [5.41, 5.74) is 6.38. The number of halogens is 1. The van der Waals surface area contributed by atoms with Crippen molar-refractivity contribution in [2.24, 2.45) is 5.73 Å². The van der Waals surface area contributed by atoms with E-state index in [9.17, 15) is 19.4 Å². The molecule has 0 aliphatic carbocycles. The van der Waals surface area contributed by atoms with E-state index in [1.54, 1.807) is 48.5 Å². The van der Waals surface area contributed by atoms with Gasteiger partial charge in [0.25, 0.3) is 0 Å². The number of rotatable bonds is 7. The number of hydrogen-bond acceptors (Lipinski definition) is 6. The predicted molar refractivity (Wildman–Crippen MR) is 116 cm³/mol. The monoisotopic (exact) mass is 423 g/mol. The standard InChI is InChI=1S/C24H22FNO5/c25-16-2-1-3-17(11-16)30-18-5-7-21-20(12-18)23(29)19-6-4-15(10-22(19)31-21)8-9-24(26,13-27)14-28/h1-7,10-12,27-28H,8-9,13-14,26H2. The van der Waals surface area contributed by atoms with Gasteiger partial charge in [0.2, 0.25) is 5.43 Å². The Hall–Kier alpha value is -3.26. The number of aryl methyl sites for hydroxylation is 1. The number of hydrogen-bond donors (Lipinski definition) is 3. The molecule has 0 spiro atoms. The first-order valence-electron chi connectivity index (χ1n) is 9.84. The van der Waals surface area contributed by atoms with Crippen LogP contribution in [0.25, 0.3) is 21.9 Å². The minimum Gasteiger partial charge on any atom is -0.457 e. The van der Waals surface area contributed by atoms with Gasteiger partial charge in [-0.25, -0.2) is 4.39 Å². The lowest BCUT2D eigenvalue weighted by Gasteiger charge is -2.24. The molecule has 0 saturated carbocycles. The van der Waals surface area contributed by atoms with Crippen molar-refractivity contribution in [3.63, 3.8) is 0 Å². The number of benzene rings is 3. The normalized spacial score (nSPS) is 11.9. The summed E-state index contributed by atoms with van der Waals surface area (Å²) in [6.07, 6.45) is 0.889. The summed E-state index contributed by atoms with van der Waals surface area (Å²) in [6, 6.07) is 15.9. The van der Waals surface area contributed by atoms with E-state index in [1.165, 1.54) is 12.1 Å². The quantitative estimate of drug-likeness (QED) is 0.393. The molecular weight excluding hydrogens is 401 g/mol. The van der Waals surface area contributed by atoms with Gasteiger partial charge < -0.3 is 25.1 Å². The Labute approximate surface area is 177 Å². The van der Waals surface area contributed by atoms with E-state index in [0.29, 0.717) is 46.3 Å². The molecule has 1 heterocycles. The SMILES string of the molecule is NC(CO)(CO)CCc1ccc2c(=O)c3cc(Oc4cccc(F)c4)ccc3oc2c1. The third kappa shape index (κ3) is 4.44. The van der Waals surface area contributed by atoms with Crippen LogP contribution in [0, 0.1) is 5.82 Å². The smallest absolute Gasteiger partial charge is 0.200 e. The zero-order chi connectivity index (χ0) is 22.0. The first-order chi connectivity index (χ1) is 14.9. The Morgan fingerprint density at radius 3 is 2.45 bits per heavy atom. The summed E-state index contributed by atoms with van der Waals surface area (Å²) in [7, 11) is 0. The van der Waals surface area contributed by atoms with Gasteiger partial charge in [0.1, 0.15) is 28.5 Å². The van der Waals surface area contributed by atoms with Crippen molar-refractivity contribution in [2.45, 2.75) is 18.4 Å². The fourth-order valence-electron chi connectivity index (χ4n) is 3.36. The first kappa shape index (κ1) is 21.0. The average Bonchev–Trinajstić information content (AvgIpc) is 2.78. The summed E-state index contributed by atoms with van der Waals surface area (Å²) in [4.78, 5) is 13.0. The van der Waals surface area contributed by atoms with Gasteiger partial charge in [0, 0.05) is 6.07 Å². The van der Waals surface area contributed by atoms with E-state index in [2.05, 4.69) is 0 Å². The number of aliphatic hydroxyl groups excluding tert-OH is 2. The lowest BCUT2D eigenvalue weighted by molar-refractivity contribution is 0.115. The van der Waals surface area contributed by atoms with Gasteiger partial charge in [-0.15, -0.1) is 0 Å². The van der Waals surface area contributed by atoms with Gasteiger partial charge in [0.15, 0.2) is 0 Å². The number of nitrogens with two attached hydrogens (primary N) is 1. The third-order valence-corrected chi connectivity index (χ3v) is 5.28. The van der Waals surface area contributed by atoms with Crippen molar-refractivity contribution in [2.75, 3.05) is 13.2 Å². The first-order valence-corrected chi connectivity index (χ1v) is 9.84. The van der Waals surface area contributed by atoms with Crippen LogP contribution < -0.4 is 15.9 Å². The van der Waals surface area contributed by atoms with Crippen LogP contribution in [-0.4, -0.2) is 29.0 Å². The molecule has 160 valence electrons. The largest absolute Gasteiger partial charge is 0.457 e. The molecule has 0 saturated heterocycles. The highest BCUT2D eigenvalue weighted by Crippen LogP contribution is 2.27. The van der Waals surface area contributed by atoms with Gasteiger partial charge in [-0.3, -0.25) is 4.79 Å². The van der Waals surface area contributed by atoms with Crippen LogP contribution in [0.1, 0.15) is 12.0 Å². The van der Waals surface area contributed by atoms with Gasteiger partial charge in [-0.2, -0.15) is 0 Å². The van der Waals surface area contributed by atoms with Crippen molar-refractivity contribution < 1.29 is 23.8 Å². The Kier molecular flexibility index (Phi) is 5.73. The van der Waals surface area contributed by atoms with Crippen molar-refractivity contribution in [1.29, 1.82) is 0 Å². The molecule has 31 heavy (non-hydrogen) atoms. The van der Waals surface area contributed by atoms with Gasteiger partial charge in [-0.05, 0) is 60.9 Å². The molecule has 0 bridgehead atoms. The predicted octanol–water partition coefficient (Wildman–Crippen LogP) is 3.49. The minimum absolute atomic E-state index is 0.202. The van der Waals surface area contributed by atoms with Crippen LogP contribution in [0.4, 0.5) is 4.39 Å². The molecule has 1 aromatic heterocycles. The van der Waals surface area contributed by atoms with Crippen LogP contribution >= 0.6 is 0 Å². The molecule has 0 radical (unpaired) electrons. The van der Waals surface area contributed by atoms with E-state index in [0.717, 1.165) is 5.56 Å². The molecule has 0 atom stereocenters. The van der Waals surface area contributed by atoms with E-state index < -0.39 is 11.4 Å². The van der Waals surface area contributed by atoms with Crippen molar-refractivity contribution >= 4 is 21.9 Å². The molecule has 0 unspecified atom stereocenters. The Morgan fingerprint density at radius 1 is 0.935 bits per heavy atom. The van der Waals surface area contributed by atoms with Crippen LogP contribution in [-0.2, 0) is 6.42 Å². The highest BCUT2D eigenvalue weighted by molar-refractivity contribution is 5.90. The molecule has 0 amide bonds. The fraction of sp³-hybridized carbons (Fsp3) is 0.208. The molecule has 0 fully saturated rings. The van der Waals surface area contributed by atoms with E-state index in [1.807, 2.05) is 0 Å². The second-order valence-corrected chi connectivity index (χ2v) is 7.66. The molecule has 4 N–H and O–H groups in total. The van der Waals surface area contributed by atoms with Crippen molar-refractivity contribution in [3.05, 3.63) is 82.3 Å². The van der Waals surface area contributed by atoms with Crippen LogP contribution in [0.5, 0.6) is 11.5 Å². The highest BCUT2D eigenvalue weighted by Gasteiger charge is 2.22. The maximum atomic E-state index is 13.4. The molecule has 6 nitrogen and oxygen atoms in total. The van der Waals surface area contributed by atoms with Gasteiger partial charge in [-0.1, -0.05) is 12.1 Å². The third-order valence-electron chi connectivity index (χ3n) is 5.28. The summed E-state index contributed by atoms with van der Waals surface area (Å²) in [5.74, 6) is 0.314. The lowest BCUT2D eigenvalue weighted by Crippen LogP contribution is -2.47. The number of aliphatic hydroxyl groups is 2. The fourth-order valence-corrected chi connectivity index (χ4v) is 3.36. The topological polar surface area (TPSA) is 106 Å². The Bertz CT molecular complexity index is 1300. The molecule has 7 heteroatoms. The van der Waals surface area contributed by atoms with Crippen LogP contribution in [0.3, 0.4) is 0 Å². The van der Waals surface area contributed by atoms with E-state index in [-0.39, 0.29) is 18.6 Å². The Balaban J connectivity index is 1.66. The molecule has 0 aliphatic heterocycles. The molecule has 3 aromatic carbocycles. The van der Waals surface area contributed by atoms with E-state index in [4.69, 9.17) is 14.9 Å². The zero-order valence-corrected chi connectivity index (χ0v) is 16.7. The summed E-state index contributed by atoms with van der Waals surface area (Å²) < 4.78 is 25.0. The molecule has 4 aromatic rings. The van der Waals surface area contributed by atoms with E-state index >= 15 is 0 Å². The summed E-state index contributed by atoms with van der Waals surface area (Å²) in [6.45, 7) is -0.645.